The van der Waals surface area contributed by atoms with E-state index in [1.165, 1.54) is 18.2 Å². The molecule has 0 radical (unpaired) electrons. The van der Waals surface area contributed by atoms with E-state index < -0.39 is 0 Å². The molecule has 0 saturated carbocycles. The molecule has 0 spiro atoms. The Morgan fingerprint density at radius 2 is 1.11 bits per heavy atom. The lowest BCUT2D eigenvalue weighted by Crippen LogP contribution is -1.94. The van der Waals surface area contributed by atoms with Gasteiger partial charge < -0.3 is 14.2 Å². The maximum atomic E-state index is 10.1. The third-order valence-corrected chi connectivity index (χ3v) is 3.70. The predicted molar refractivity (Wildman–Crippen MR) is 148 cm³/mol. The zero-order valence-electron chi connectivity index (χ0n) is 23.1. The highest BCUT2D eigenvalue weighted by Gasteiger charge is 2.04. The van der Waals surface area contributed by atoms with Crippen molar-refractivity contribution in [2.75, 3.05) is 14.2 Å². The summed E-state index contributed by atoms with van der Waals surface area (Å²) in [5.41, 5.74) is 3.24. The number of aldehydes is 1. The van der Waals surface area contributed by atoms with Crippen LogP contribution in [-0.2, 0) is 4.79 Å². The van der Waals surface area contributed by atoms with Gasteiger partial charge in [0.15, 0.2) is 11.5 Å². The summed E-state index contributed by atoms with van der Waals surface area (Å²) >= 11 is 0. The number of hydrogen-bond donors (Lipinski definition) is 0. The van der Waals surface area contributed by atoms with Gasteiger partial charge in [-0.1, -0.05) is 107 Å². The van der Waals surface area contributed by atoms with Crippen LogP contribution in [0.25, 0.3) is 0 Å². The molecule has 194 valence electrons. The zero-order chi connectivity index (χ0) is 27.5. The maximum Gasteiger partial charge on any atom is 0.298 e. The molecule has 35 heavy (non-hydrogen) atoms. The van der Waals surface area contributed by atoms with Crippen LogP contribution in [0.4, 0.5) is 0 Å². The second-order valence-corrected chi connectivity index (χ2v) is 5.91. The number of carbonyl (C=O) groups excluding carboxylic acids is 2. The van der Waals surface area contributed by atoms with Crippen LogP contribution in [0.2, 0.25) is 0 Å². The topological polar surface area (TPSA) is 61.8 Å². The molecule has 3 rings (SSSR count). The minimum absolute atomic E-state index is 0.352. The number of rotatable bonds is 5. The molecule has 3 aromatic carbocycles. The van der Waals surface area contributed by atoms with Crippen molar-refractivity contribution >= 4 is 12.8 Å². The van der Waals surface area contributed by atoms with Gasteiger partial charge in [0.1, 0.15) is 12.0 Å². The van der Waals surface area contributed by atoms with E-state index in [9.17, 15) is 9.59 Å². The molecule has 0 bridgehead atoms. The Hall–Kier alpha value is -3.60. The van der Waals surface area contributed by atoms with Gasteiger partial charge in [-0.2, -0.15) is 0 Å². The quantitative estimate of drug-likeness (QED) is 0.342. The van der Waals surface area contributed by atoms with E-state index in [4.69, 9.17) is 9.47 Å². The van der Waals surface area contributed by atoms with Gasteiger partial charge in [0, 0.05) is 11.6 Å². The minimum atomic E-state index is 0.352. The van der Waals surface area contributed by atoms with E-state index >= 15 is 0 Å². The number of methoxy groups -OCH3 is 2. The van der Waals surface area contributed by atoms with Gasteiger partial charge in [0.25, 0.3) is 6.47 Å². The number of ether oxygens (including phenoxy) is 3. The summed E-state index contributed by atoms with van der Waals surface area (Å²) in [6.07, 6.45) is 0.847. The molecule has 0 aliphatic carbocycles. The van der Waals surface area contributed by atoms with E-state index in [-0.39, 0.29) is 0 Å². The van der Waals surface area contributed by atoms with Crippen LogP contribution in [-0.4, -0.2) is 27.0 Å². The molecule has 0 atom stereocenters. The molecule has 0 saturated heterocycles. The monoisotopic (exact) mass is 484 g/mol. The second-order valence-electron chi connectivity index (χ2n) is 5.91. The van der Waals surface area contributed by atoms with Crippen LogP contribution in [0, 0.1) is 13.8 Å². The lowest BCUT2D eigenvalue weighted by molar-refractivity contribution is -0.120. The largest absolute Gasteiger partial charge is 0.497 e. The van der Waals surface area contributed by atoms with E-state index in [0.29, 0.717) is 23.7 Å². The standard InChI is InChI=1S/C9H10O4.C8H8O.C7H8.3C2H6/c1-11-7-3-4-8(13-6-10)9(5-7)12-2;1-7-2-4-8(6-9)5-3-7;1-7-5-3-2-4-6-7;3*1-2/h3-6H,1-2H3;2-6H,1H3;2-6H,1H3;3*1-2H3. The van der Waals surface area contributed by atoms with Gasteiger partial charge in [0.05, 0.1) is 14.2 Å². The Balaban J connectivity index is -0.000000409. The number of hydrogen-bond acceptors (Lipinski definition) is 5. The fourth-order valence-corrected chi connectivity index (χ4v) is 2.10. The Labute approximate surface area is 213 Å². The summed E-state index contributed by atoms with van der Waals surface area (Å²) in [7, 11) is 3.04. The van der Waals surface area contributed by atoms with Crippen LogP contribution in [0.1, 0.15) is 63.0 Å². The van der Waals surface area contributed by atoms with Gasteiger partial charge in [-0.3, -0.25) is 9.59 Å². The van der Waals surface area contributed by atoms with Crippen LogP contribution >= 0.6 is 0 Å². The molecular weight excluding hydrogens is 440 g/mol. The number of carbonyl (C=O) groups is 2. The first kappa shape index (κ1) is 36.0. The van der Waals surface area contributed by atoms with Crippen molar-refractivity contribution in [3.8, 4) is 17.2 Å². The Kier molecular flexibility index (Phi) is 27.4. The molecule has 0 heterocycles. The fourth-order valence-electron chi connectivity index (χ4n) is 2.10. The molecule has 0 N–H and O–H groups in total. The van der Waals surface area contributed by atoms with Gasteiger partial charge in [0.2, 0.25) is 0 Å². The summed E-state index contributed by atoms with van der Waals surface area (Å²) in [5.74, 6) is 1.49. The summed E-state index contributed by atoms with van der Waals surface area (Å²) < 4.78 is 14.6. The molecule has 5 heteroatoms. The Morgan fingerprint density at radius 3 is 1.49 bits per heavy atom. The SMILES string of the molecule is CC.CC.CC.COc1ccc(OC=O)c(OC)c1.Cc1ccc(C=O)cc1.Cc1ccccc1. The average molecular weight is 485 g/mol. The smallest absolute Gasteiger partial charge is 0.298 e. The number of aryl methyl sites for hydroxylation is 2. The van der Waals surface area contributed by atoms with Gasteiger partial charge in [-0.15, -0.1) is 0 Å². The summed E-state index contributed by atoms with van der Waals surface area (Å²) in [6.45, 7) is 16.4. The third kappa shape index (κ3) is 18.5. The maximum absolute atomic E-state index is 10.1. The van der Waals surface area contributed by atoms with Crippen LogP contribution in [0.15, 0.2) is 72.8 Å². The van der Waals surface area contributed by atoms with E-state index in [1.54, 1.807) is 25.3 Å². The first-order valence-electron chi connectivity index (χ1n) is 11.9. The van der Waals surface area contributed by atoms with Gasteiger partial charge in [-0.05, 0) is 26.0 Å². The molecule has 5 nitrogen and oxygen atoms in total. The predicted octanol–water partition coefficient (Wildman–Crippen LogP) is 8.12. The van der Waals surface area contributed by atoms with Crippen molar-refractivity contribution < 1.29 is 23.8 Å². The highest BCUT2D eigenvalue weighted by Crippen LogP contribution is 2.30. The molecule has 0 aliphatic heterocycles. The summed E-state index contributed by atoms with van der Waals surface area (Å²) in [5, 5.41) is 0. The average Bonchev–Trinajstić information content (AvgIpc) is 2.94. The van der Waals surface area contributed by atoms with E-state index in [1.807, 2.05) is 90.9 Å². The highest BCUT2D eigenvalue weighted by molar-refractivity contribution is 5.74. The minimum Gasteiger partial charge on any atom is -0.497 e. The molecule has 0 aromatic heterocycles. The molecule has 0 unspecified atom stereocenters. The summed E-state index contributed by atoms with van der Waals surface area (Å²) in [4.78, 5) is 20.2. The van der Waals surface area contributed by atoms with Crippen LogP contribution in [0.5, 0.6) is 17.2 Å². The third-order valence-electron chi connectivity index (χ3n) is 3.70. The molecular formula is C30H44O5. The number of benzene rings is 3. The first-order valence-corrected chi connectivity index (χ1v) is 11.9. The van der Waals surface area contributed by atoms with Gasteiger partial charge in [-0.25, -0.2) is 0 Å². The molecule has 3 aromatic rings. The van der Waals surface area contributed by atoms with Crippen LogP contribution in [0.3, 0.4) is 0 Å². The van der Waals surface area contributed by atoms with Crippen molar-refractivity contribution in [1.29, 1.82) is 0 Å². The Bertz CT molecular complexity index is 860. The molecule has 0 fully saturated rings. The lowest BCUT2D eigenvalue weighted by Gasteiger charge is -2.07. The normalized spacial score (nSPS) is 7.94. The van der Waals surface area contributed by atoms with Crippen molar-refractivity contribution in [2.24, 2.45) is 0 Å². The van der Waals surface area contributed by atoms with Crippen molar-refractivity contribution in [1.82, 2.24) is 0 Å². The molecule has 0 amide bonds. The van der Waals surface area contributed by atoms with E-state index in [0.717, 1.165) is 11.8 Å². The van der Waals surface area contributed by atoms with Crippen molar-refractivity contribution in [3.05, 3.63) is 89.5 Å². The fraction of sp³-hybridized carbons (Fsp3) is 0.333. The van der Waals surface area contributed by atoms with Gasteiger partial charge >= 0.3 is 0 Å². The summed E-state index contributed by atoms with van der Waals surface area (Å²) in [6, 6.07) is 22.6. The van der Waals surface area contributed by atoms with E-state index in [2.05, 4.69) is 23.8 Å². The second kappa shape index (κ2) is 26.7. The van der Waals surface area contributed by atoms with Crippen molar-refractivity contribution in [3.63, 3.8) is 0 Å². The highest BCUT2D eigenvalue weighted by atomic mass is 16.5. The van der Waals surface area contributed by atoms with Crippen molar-refractivity contribution in [2.45, 2.75) is 55.4 Å². The zero-order valence-corrected chi connectivity index (χ0v) is 23.1. The van der Waals surface area contributed by atoms with Crippen LogP contribution < -0.4 is 14.2 Å². The first-order chi connectivity index (χ1) is 17.0. The Morgan fingerprint density at radius 1 is 0.600 bits per heavy atom. The lowest BCUT2D eigenvalue weighted by atomic mass is 10.2. The molecule has 0 aliphatic rings.